The van der Waals surface area contributed by atoms with Crippen LogP contribution in [0.2, 0.25) is 5.15 Å². The van der Waals surface area contributed by atoms with Crippen molar-refractivity contribution < 1.29 is 5.11 Å². The monoisotopic (exact) mass is 320 g/mol. The molecule has 86 valence electrons. The van der Waals surface area contributed by atoms with Gasteiger partial charge in [0.05, 0.1) is 11.5 Å². The van der Waals surface area contributed by atoms with E-state index in [0.717, 1.165) is 20.9 Å². The molecule has 0 saturated carbocycles. The Morgan fingerprint density at radius 2 is 2.38 bits per heavy atom. The Morgan fingerprint density at radius 1 is 1.62 bits per heavy atom. The lowest BCUT2D eigenvalue weighted by atomic mass is 10.4. The zero-order valence-corrected chi connectivity index (χ0v) is 11.7. The largest absolute Gasteiger partial charge is 0.396 e. The molecule has 0 bridgehead atoms. The molecular formula is C10H10BrClN2OS. The summed E-state index contributed by atoms with van der Waals surface area (Å²) in [7, 11) is 1.85. The first-order valence-electron chi connectivity index (χ1n) is 4.70. The maximum Gasteiger partial charge on any atom is 0.137 e. The summed E-state index contributed by atoms with van der Waals surface area (Å²) in [5, 5.41) is 11.5. The van der Waals surface area contributed by atoms with Crippen molar-refractivity contribution in [2.45, 2.75) is 6.42 Å². The van der Waals surface area contributed by atoms with Crippen LogP contribution in [0.3, 0.4) is 0 Å². The van der Waals surface area contributed by atoms with Gasteiger partial charge in [-0.1, -0.05) is 11.6 Å². The highest BCUT2D eigenvalue weighted by Gasteiger charge is 2.15. The van der Waals surface area contributed by atoms with Crippen molar-refractivity contribution >= 4 is 38.9 Å². The van der Waals surface area contributed by atoms with Crippen LogP contribution in [0.15, 0.2) is 15.9 Å². The van der Waals surface area contributed by atoms with E-state index >= 15 is 0 Å². The zero-order chi connectivity index (χ0) is 11.7. The third-order valence-electron chi connectivity index (χ3n) is 2.25. The van der Waals surface area contributed by atoms with Crippen LogP contribution in [0.5, 0.6) is 0 Å². The number of halogens is 2. The lowest BCUT2D eigenvalue weighted by molar-refractivity contribution is 0.295. The first-order chi connectivity index (χ1) is 7.63. The van der Waals surface area contributed by atoms with E-state index in [-0.39, 0.29) is 6.61 Å². The normalized spacial score (nSPS) is 11.0. The molecule has 0 atom stereocenters. The lowest BCUT2D eigenvalue weighted by Crippen LogP contribution is -2.00. The summed E-state index contributed by atoms with van der Waals surface area (Å²) in [5.74, 6) is 0.798. The van der Waals surface area contributed by atoms with Gasteiger partial charge in [0.2, 0.25) is 0 Å². The fourth-order valence-corrected chi connectivity index (χ4v) is 3.15. The molecule has 0 unspecified atom stereocenters. The van der Waals surface area contributed by atoms with Gasteiger partial charge < -0.3 is 9.67 Å². The highest BCUT2D eigenvalue weighted by molar-refractivity contribution is 9.10. The molecule has 16 heavy (non-hydrogen) atoms. The third-order valence-corrected chi connectivity index (χ3v) is 4.38. The van der Waals surface area contributed by atoms with Gasteiger partial charge in [-0.2, -0.15) is 0 Å². The minimum Gasteiger partial charge on any atom is -0.396 e. The van der Waals surface area contributed by atoms with Gasteiger partial charge in [-0.05, 0) is 22.0 Å². The number of nitrogens with zero attached hydrogens (tertiary/aromatic N) is 2. The number of thiophene rings is 1. The molecule has 0 saturated heterocycles. The second-order valence-corrected chi connectivity index (χ2v) is 5.51. The third kappa shape index (κ3) is 2.18. The summed E-state index contributed by atoms with van der Waals surface area (Å²) in [6.07, 6.45) is 0.517. The number of imidazole rings is 1. The Labute approximate surface area is 111 Å². The highest BCUT2D eigenvalue weighted by Crippen LogP contribution is 2.34. The standard InChI is InChI=1S/C10H10BrClN2OS/c1-14-8(2-3-15)13-9(10(14)12)7-4-6(11)5-16-7/h4-5,15H,2-3H2,1H3. The fraction of sp³-hybridized carbons (Fsp3) is 0.300. The Morgan fingerprint density at radius 3 is 2.94 bits per heavy atom. The van der Waals surface area contributed by atoms with E-state index in [1.165, 1.54) is 0 Å². The molecule has 0 spiro atoms. The topological polar surface area (TPSA) is 38.0 Å². The maximum absolute atomic E-state index is 8.92. The molecule has 0 radical (unpaired) electrons. The van der Waals surface area contributed by atoms with Crippen LogP contribution in [-0.4, -0.2) is 21.3 Å². The Kier molecular flexibility index (Phi) is 3.69. The predicted molar refractivity (Wildman–Crippen MR) is 70.0 cm³/mol. The van der Waals surface area contributed by atoms with E-state index in [4.69, 9.17) is 16.7 Å². The summed E-state index contributed by atoms with van der Waals surface area (Å²) in [6.45, 7) is 0.0781. The number of aromatic nitrogens is 2. The van der Waals surface area contributed by atoms with Crippen LogP contribution < -0.4 is 0 Å². The molecule has 0 amide bonds. The smallest absolute Gasteiger partial charge is 0.137 e. The molecule has 0 aromatic carbocycles. The highest BCUT2D eigenvalue weighted by atomic mass is 79.9. The van der Waals surface area contributed by atoms with Crippen LogP contribution >= 0.6 is 38.9 Å². The van der Waals surface area contributed by atoms with E-state index < -0.39 is 0 Å². The molecule has 0 aliphatic heterocycles. The molecule has 6 heteroatoms. The SMILES string of the molecule is Cn1c(CCO)nc(-c2cc(Br)cs2)c1Cl. The van der Waals surface area contributed by atoms with E-state index in [9.17, 15) is 0 Å². The predicted octanol–water partition coefficient (Wildman–Crippen LogP) is 3.10. The van der Waals surface area contributed by atoms with Crippen LogP contribution in [0.25, 0.3) is 10.6 Å². The Balaban J connectivity index is 2.45. The summed E-state index contributed by atoms with van der Waals surface area (Å²) >= 11 is 11.2. The Bertz CT molecular complexity index is 509. The van der Waals surface area contributed by atoms with Crippen molar-refractivity contribution in [1.82, 2.24) is 9.55 Å². The minimum atomic E-state index is 0.0781. The van der Waals surface area contributed by atoms with E-state index in [2.05, 4.69) is 20.9 Å². The second kappa shape index (κ2) is 4.87. The van der Waals surface area contributed by atoms with Crippen molar-refractivity contribution in [3.8, 4) is 10.6 Å². The first kappa shape index (κ1) is 12.1. The maximum atomic E-state index is 8.92. The number of hydrogen-bond donors (Lipinski definition) is 1. The quantitative estimate of drug-likeness (QED) is 0.943. The summed E-state index contributed by atoms with van der Waals surface area (Å²) in [5.41, 5.74) is 0.781. The number of rotatable bonds is 3. The minimum absolute atomic E-state index is 0.0781. The zero-order valence-electron chi connectivity index (χ0n) is 8.57. The molecule has 2 rings (SSSR count). The van der Waals surface area contributed by atoms with Crippen molar-refractivity contribution in [2.75, 3.05) is 6.61 Å². The average molecular weight is 322 g/mol. The molecule has 0 aliphatic rings. The van der Waals surface area contributed by atoms with Crippen molar-refractivity contribution in [3.05, 3.63) is 26.9 Å². The van der Waals surface area contributed by atoms with Gasteiger partial charge in [0.25, 0.3) is 0 Å². The Hall–Kier alpha value is -0.360. The van der Waals surface area contributed by atoms with Gasteiger partial charge in [0, 0.05) is 23.3 Å². The summed E-state index contributed by atoms with van der Waals surface area (Å²) in [4.78, 5) is 5.47. The van der Waals surface area contributed by atoms with Crippen LogP contribution in [0, 0.1) is 0 Å². The molecule has 0 fully saturated rings. The number of aliphatic hydroxyl groups is 1. The van der Waals surface area contributed by atoms with Gasteiger partial charge >= 0.3 is 0 Å². The van der Waals surface area contributed by atoms with Gasteiger partial charge in [0.1, 0.15) is 16.7 Å². The summed E-state index contributed by atoms with van der Waals surface area (Å²) < 4.78 is 2.83. The molecule has 2 aromatic rings. The van der Waals surface area contributed by atoms with Gasteiger partial charge in [-0.3, -0.25) is 0 Å². The van der Waals surface area contributed by atoms with Gasteiger partial charge in [-0.25, -0.2) is 4.98 Å². The molecule has 2 heterocycles. The molecule has 1 N–H and O–H groups in total. The van der Waals surface area contributed by atoms with Crippen molar-refractivity contribution in [2.24, 2.45) is 7.05 Å². The van der Waals surface area contributed by atoms with E-state index in [1.54, 1.807) is 15.9 Å². The van der Waals surface area contributed by atoms with E-state index in [1.807, 2.05) is 18.5 Å². The molecule has 3 nitrogen and oxygen atoms in total. The lowest BCUT2D eigenvalue weighted by Gasteiger charge is -1.98. The van der Waals surface area contributed by atoms with Crippen molar-refractivity contribution in [1.29, 1.82) is 0 Å². The average Bonchev–Trinajstić information content (AvgIpc) is 2.78. The van der Waals surface area contributed by atoms with Crippen molar-refractivity contribution in [3.63, 3.8) is 0 Å². The summed E-state index contributed by atoms with van der Waals surface area (Å²) in [6, 6.07) is 1.99. The van der Waals surface area contributed by atoms with Crippen LogP contribution in [-0.2, 0) is 13.5 Å². The molecule has 2 aromatic heterocycles. The van der Waals surface area contributed by atoms with Crippen LogP contribution in [0.4, 0.5) is 0 Å². The number of aliphatic hydroxyl groups excluding tert-OH is 1. The first-order valence-corrected chi connectivity index (χ1v) is 6.75. The van der Waals surface area contributed by atoms with Gasteiger partial charge in [0.15, 0.2) is 0 Å². The fourth-order valence-electron chi connectivity index (χ4n) is 1.44. The number of hydrogen-bond acceptors (Lipinski definition) is 3. The second-order valence-electron chi connectivity index (χ2n) is 3.33. The van der Waals surface area contributed by atoms with E-state index in [0.29, 0.717) is 11.6 Å². The van der Waals surface area contributed by atoms with Crippen LogP contribution in [0.1, 0.15) is 5.82 Å². The molecule has 0 aliphatic carbocycles. The van der Waals surface area contributed by atoms with Gasteiger partial charge in [-0.15, -0.1) is 11.3 Å². The molecular weight excluding hydrogens is 312 g/mol.